The van der Waals surface area contributed by atoms with Crippen LogP contribution in [0.3, 0.4) is 0 Å². The van der Waals surface area contributed by atoms with Gasteiger partial charge in [0.15, 0.2) is 5.16 Å². The number of thioether (sulfide) groups is 1. The van der Waals surface area contributed by atoms with Crippen LogP contribution in [0.4, 0.5) is 5.69 Å². The van der Waals surface area contributed by atoms with Crippen molar-refractivity contribution in [2.45, 2.75) is 5.16 Å². The van der Waals surface area contributed by atoms with E-state index in [0.29, 0.717) is 16.4 Å². The van der Waals surface area contributed by atoms with Gasteiger partial charge in [0.05, 0.1) is 16.4 Å². The third kappa shape index (κ3) is 3.86. The minimum absolute atomic E-state index is 0.00176. The highest BCUT2D eigenvalue weighted by Crippen LogP contribution is 2.28. The number of imidazole rings is 1. The number of nitro benzene ring substituents is 1. The number of nitrogens with zero attached hydrogens (tertiary/aromatic N) is 3. The van der Waals surface area contributed by atoms with Gasteiger partial charge in [0.25, 0.3) is 5.69 Å². The van der Waals surface area contributed by atoms with Crippen LogP contribution in [-0.4, -0.2) is 26.1 Å². The van der Waals surface area contributed by atoms with E-state index in [2.05, 4.69) is 4.98 Å². The first-order valence-corrected chi connectivity index (χ1v) is 8.34. The molecule has 0 aliphatic rings. The van der Waals surface area contributed by atoms with E-state index in [-0.39, 0.29) is 11.4 Å². The van der Waals surface area contributed by atoms with E-state index >= 15 is 0 Å². The zero-order valence-corrected chi connectivity index (χ0v) is 13.8. The second-order valence-electron chi connectivity index (χ2n) is 5.18. The Morgan fingerprint density at radius 1 is 1.20 bits per heavy atom. The molecule has 0 spiro atoms. The number of hydrogen-bond donors (Lipinski definition) is 1. The third-order valence-electron chi connectivity index (χ3n) is 3.40. The molecule has 0 radical (unpaired) electrons. The number of nitro groups is 1. The average Bonchev–Trinajstić information content (AvgIpc) is 3.05. The monoisotopic (exact) mass is 354 g/mol. The minimum atomic E-state index is -0.444. The summed E-state index contributed by atoms with van der Waals surface area (Å²) in [6, 6.07) is 15.8. The molecule has 0 fully saturated rings. The van der Waals surface area contributed by atoms with Crippen molar-refractivity contribution in [2.75, 3.05) is 5.75 Å². The Hall–Kier alpha value is -3.13. The first-order chi connectivity index (χ1) is 12.0. The van der Waals surface area contributed by atoms with Crippen molar-refractivity contribution < 1.29 is 9.72 Å². The maximum atomic E-state index is 11.1. The fourth-order valence-electron chi connectivity index (χ4n) is 2.29. The number of carbonyl (C=O) groups excluding carboxylic acids is 1. The Morgan fingerprint density at radius 3 is 2.64 bits per heavy atom. The van der Waals surface area contributed by atoms with Crippen molar-refractivity contribution >= 4 is 23.4 Å². The van der Waals surface area contributed by atoms with Crippen molar-refractivity contribution in [1.29, 1.82) is 0 Å². The van der Waals surface area contributed by atoms with Crippen LogP contribution in [-0.2, 0) is 4.79 Å². The zero-order chi connectivity index (χ0) is 17.8. The second kappa shape index (κ2) is 7.18. The highest BCUT2D eigenvalue weighted by atomic mass is 32.2. The van der Waals surface area contributed by atoms with Crippen molar-refractivity contribution in [3.05, 3.63) is 70.9 Å². The molecule has 0 bridgehead atoms. The molecule has 0 unspecified atom stereocenters. The van der Waals surface area contributed by atoms with Crippen LogP contribution in [0, 0.1) is 10.1 Å². The molecule has 0 aliphatic heterocycles. The summed E-state index contributed by atoms with van der Waals surface area (Å²) in [7, 11) is 0. The number of carbonyl (C=O) groups is 1. The van der Waals surface area contributed by atoms with Gasteiger partial charge in [-0.25, -0.2) is 4.98 Å². The summed E-state index contributed by atoms with van der Waals surface area (Å²) in [5.41, 5.74) is 7.31. The van der Waals surface area contributed by atoms with Gasteiger partial charge >= 0.3 is 0 Å². The topological polar surface area (TPSA) is 104 Å². The van der Waals surface area contributed by atoms with Gasteiger partial charge in [0.2, 0.25) is 5.91 Å². The molecule has 25 heavy (non-hydrogen) atoms. The van der Waals surface area contributed by atoms with Crippen molar-refractivity contribution in [1.82, 2.24) is 9.55 Å². The molecule has 1 heterocycles. The third-order valence-corrected chi connectivity index (χ3v) is 4.38. The number of para-hydroxylation sites is 1. The lowest BCUT2D eigenvalue weighted by atomic mass is 10.1. The summed E-state index contributed by atoms with van der Waals surface area (Å²) in [6.07, 6.45) is 1.79. The van der Waals surface area contributed by atoms with Gasteiger partial charge in [0, 0.05) is 29.6 Å². The SMILES string of the molecule is NC(=O)CSc1nc(-c2cccc([N+](=O)[O-])c2)cn1-c1ccccc1. The average molecular weight is 354 g/mol. The smallest absolute Gasteiger partial charge is 0.270 e. The van der Waals surface area contributed by atoms with Crippen molar-refractivity contribution in [3.8, 4) is 16.9 Å². The molecule has 0 saturated heterocycles. The van der Waals surface area contributed by atoms with Crippen LogP contribution in [0.2, 0.25) is 0 Å². The molecule has 7 nitrogen and oxygen atoms in total. The van der Waals surface area contributed by atoms with Gasteiger partial charge in [-0.15, -0.1) is 0 Å². The highest BCUT2D eigenvalue weighted by molar-refractivity contribution is 7.99. The number of non-ortho nitro benzene ring substituents is 1. The maximum Gasteiger partial charge on any atom is 0.270 e. The summed E-state index contributed by atoms with van der Waals surface area (Å²) in [4.78, 5) is 26.2. The molecule has 3 rings (SSSR count). The number of aromatic nitrogens is 2. The highest BCUT2D eigenvalue weighted by Gasteiger charge is 2.14. The second-order valence-corrected chi connectivity index (χ2v) is 6.12. The number of rotatable bonds is 6. The van der Waals surface area contributed by atoms with Gasteiger partial charge in [0.1, 0.15) is 0 Å². The predicted octanol–water partition coefficient (Wildman–Crippen LogP) is 3.02. The van der Waals surface area contributed by atoms with E-state index in [1.807, 2.05) is 34.9 Å². The van der Waals surface area contributed by atoms with E-state index in [4.69, 9.17) is 5.73 Å². The molecule has 0 atom stereocenters. The fourth-order valence-corrected chi connectivity index (χ4v) is 3.02. The normalized spacial score (nSPS) is 10.6. The Morgan fingerprint density at radius 2 is 1.96 bits per heavy atom. The van der Waals surface area contributed by atoms with Crippen LogP contribution in [0.5, 0.6) is 0 Å². The lowest BCUT2D eigenvalue weighted by molar-refractivity contribution is -0.384. The Balaban J connectivity index is 2.05. The van der Waals surface area contributed by atoms with Gasteiger partial charge in [-0.2, -0.15) is 0 Å². The Labute approximate surface area is 147 Å². The van der Waals surface area contributed by atoms with Gasteiger partial charge in [-0.1, -0.05) is 42.1 Å². The molecule has 0 aliphatic carbocycles. The first kappa shape index (κ1) is 16.7. The molecule has 2 aromatic carbocycles. The molecular weight excluding hydrogens is 340 g/mol. The standard InChI is InChI=1S/C17H14N4O3S/c18-16(22)11-25-17-19-15(10-20(17)13-6-2-1-3-7-13)12-5-4-8-14(9-12)21(23)24/h1-10H,11H2,(H2,18,22). The predicted molar refractivity (Wildman–Crippen MR) is 95.6 cm³/mol. The number of benzene rings is 2. The summed E-state index contributed by atoms with van der Waals surface area (Å²) >= 11 is 1.22. The van der Waals surface area contributed by atoms with Gasteiger partial charge in [-0.05, 0) is 12.1 Å². The summed E-state index contributed by atoms with van der Waals surface area (Å²) < 4.78 is 1.84. The molecule has 2 N–H and O–H groups in total. The van der Waals surface area contributed by atoms with E-state index in [1.165, 1.54) is 23.9 Å². The van der Waals surface area contributed by atoms with Crippen LogP contribution >= 0.6 is 11.8 Å². The molecule has 8 heteroatoms. The molecule has 126 valence electrons. The molecule has 3 aromatic rings. The largest absolute Gasteiger partial charge is 0.369 e. The minimum Gasteiger partial charge on any atom is -0.369 e. The van der Waals surface area contributed by atoms with Crippen LogP contribution in [0.1, 0.15) is 0 Å². The van der Waals surface area contributed by atoms with Crippen molar-refractivity contribution in [2.24, 2.45) is 5.73 Å². The lowest BCUT2D eigenvalue weighted by Crippen LogP contribution is -2.13. The summed E-state index contributed by atoms with van der Waals surface area (Å²) in [5, 5.41) is 11.6. The number of amides is 1. The summed E-state index contributed by atoms with van der Waals surface area (Å²) in [5.74, 6) is -0.345. The van der Waals surface area contributed by atoms with E-state index in [0.717, 1.165) is 5.69 Å². The zero-order valence-electron chi connectivity index (χ0n) is 13.0. The Bertz CT molecular complexity index is 925. The van der Waals surface area contributed by atoms with Crippen LogP contribution in [0.15, 0.2) is 66.0 Å². The number of hydrogen-bond acceptors (Lipinski definition) is 5. The molecule has 1 aromatic heterocycles. The van der Waals surface area contributed by atoms with E-state index in [1.54, 1.807) is 18.3 Å². The summed E-state index contributed by atoms with van der Waals surface area (Å²) in [6.45, 7) is 0. The number of primary amides is 1. The fraction of sp³-hybridized carbons (Fsp3) is 0.0588. The maximum absolute atomic E-state index is 11.1. The van der Waals surface area contributed by atoms with Gasteiger partial charge < -0.3 is 5.73 Å². The van der Waals surface area contributed by atoms with Crippen LogP contribution < -0.4 is 5.73 Å². The lowest BCUT2D eigenvalue weighted by Gasteiger charge is -2.05. The Kier molecular flexibility index (Phi) is 4.80. The van der Waals surface area contributed by atoms with E-state index in [9.17, 15) is 14.9 Å². The van der Waals surface area contributed by atoms with Crippen molar-refractivity contribution in [3.63, 3.8) is 0 Å². The first-order valence-electron chi connectivity index (χ1n) is 7.35. The molecule has 0 saturated carbocycles. The molecule has 1 amide bonds. The number of nitrogens with two attached hydrogens (primary N) is 1. The van der Waals surface area contributed by atoms with E-state index < -0.39 is 10.8 Å². The quantitative estimate of drug-likeness (QED) is 0.416. The van der Waals surface area contributed by atoms with Crippen LogP contribution in [0.25, 0.3) is 16.9 Å². The molecular formula is C17H14N4O3S. The van der Waals surface area contributed by atoms with Gasteiger partial charge in [-0.3, -0.25) is 19.5 Å².